The van der Waals surface area contributed by atoms with Gasteiger partial charge in [0.2, 0.25) is 5.13 Å². The van der Waals surface area contributed by atoms with E-state index in [1.165, 1.54) is 11.5 Å². The van der Waals surface area contributed by atoms with Crippen LogP contribution in [0.5, 0.6) is 0 Å². The van der Waals surface area contributed by atoms with E-state index in [1.807, 2.05) is 0 Å². The van der Waals surface area contributed by atoms with Crippen LogP contribution < -0.4 is 11.1 Å². The van der Waals surface area contributed by atoms with Crippen LogP contribution in [0.4, 0.5) is 5.13 Å². The lowest BCUT2D eigenvalue weighted by Gasteiger charge is -2.13. The van der Waals surface area contributed by atoms with Crippen molar-refractivity contribution in [3.05, 3.63) is 5.82 Å². The molecule has 0 aliphatic carbocycles. The fourth-order valence-electron chi connectivity index (χ4n) is 1.18. The molecule has 0 bridgehead atoms. The van der Waals surface area contributed by atoms with Crippen LogP contribution in [0.3, 0.4) is 0 Å². The Labute approximate surface area is 94.2 Å². The Hall–Kier alpha value is -0.720. The molecule has 1 atom stereocenters. The zero-order valence-corrected chi connectivity index (χ0v) is 10.0. The van der Waals surface area contributed by atoms with Gasteiger partial charge in [-0.05, 0) is 6.42 Å². The van der Waals surface area contributed by atoms with E-state index in [1.54, 1.807) is 7.11 Å². The largest absolute Gasteiger partial charge is 0.383 e. The number of ether oxygens (including phenoxy) is 1. The molecule has 1 rings (SSSR count). The average molecular weight is 230 g/mol. The summed E-state index contributed by atoms with van der Waals surface area (Å²) in [5, 5.41) is 4.03. The molecule has 0 fully saturated rings. The summed E-state index contributed by atoms with van der Waals surface area (Å²) in [6.45, 7) is 3.22. The Balaban J connectivity index is 2.47. The Morgan fingerprint density at radius 3 is 3.00 bits per heavy atom. The second-order valence-electron chi connectivity index (χ2n) is 3.30. The number of nitrogens with one attached hydrogen (secondary N) is 1. The van der Waals surface area contributed by atoms with Crippen molar-refractivity contribution >= 4 is 16.7 Å². The molecule has 0 saturated heterocycles. The highest BCUT2D eigenvalue weighted by Crippen LogP contribution is 2.13. The van der Waals surface area contributed by atoms with Crippen LogP contribution in [-0.4, -0.2) is 35.7 Å². The van der Waals surface area contributed by atoms with Crippen LogP contribution in [-0.2, 0) is 11.2 Å². The van der Waals surface area contributed by atoms with Crippen LogP contribution in [0, 0.1) is 0 Å². The minimum atomic E-state index is 0.109. The molecule has 0 aliphatic rings. The molecule has 0 aliphatic heterocycles. The van der Waals surface area contributed by atoms with E-state index in [0.717, 1.165) is 23.8 Å². The van der Waals surface area contributed by atoms with Gasteiger partial charge in [0.15, 0.2) is 0 Å². The van der Waals surface area contributed by atoms with Gasteiger partial charge in [-0.2, -0.15) is 4.37 Å². The number of methoxy groups -OCH3 is 1. The van der Waals surface area contributed by atoms with Gasteiger partial charge in [0.1, 0.15) is 5.82 Å². The van der Waals surface area contributed by atoms with Crippen molar-refractivity contribution in [2.24, 2.45) is 5.73 Å². The number of hydrogen-bond donors (Lipinski definition) is 2. The average Bonchev–Trinajstić information content (AvgIpc) is 2.66. The number of nitrogens with zero attached hydrogens (tertiary/aromatic N) is 2. The van der Waals surface area contributed by atoms with E-state index in [0.29, 0.717) is 13.2 Å². The Kier molecular flexibility index (Phi) is 5.52. The lowest BCUT2D eigenvalue weighted by atomic mass is 10.3. The van der Waals surface area contributed by atoms with Crippen molar-refractivity contribution in [3.8, 4) is 0 Å². The number of anilines is 1. The van der Waals surface area contributed by atoms with Gasteiger partial charge in [0.25, 0.3) is 0 Å². The van der Waals surface area contributed by atoms with E-state index < -0.39 is 0 Å². The normalized spacial score (nSPS) is 12.7. The summed E-state index contributed by atoms with van der Waals surface area (Å²) in [7, 11) is 1.66. The highest BCUT2D eigenvalue weighted by molar-refractivity contribution is 7.09. The third-order valence-electron chi connectivity index (χ3n) is 1.92. The minimum absolute atomic E-state index is 0.109. The monoisotopic (exact) mass is 230 g/mol. The van der Waals surface area contributed by atoms with Gasteiger partial charge in [-0.3, -0.25) is 0 Å². The standard InChI is InChI=1S/C9H18N4OS/c1-3-4-8-12-9(15-13-8)11-7(5-10)6-14-2/h7H,3-6,10H2,1-2H3,(H,11,12,13). The lowest BCUT2D eigenvalue weighted by Crippen LogP contribution is -2.32. The number of hydrogen-bond acceptors (Lipinski definition) is 6. The maximum absolute atomic E-state index is 5.59. The molecular weight excluding hydrogens is 212 g/mol. The quantitative estimate of drug-likeness (QED) is 0.727. The molecular formula is C9H18N4OS. The maximum atomic E-state index is 5.59. The van der Waals surface area contributed by atoms with E-state index in [2.05, 4.69) is 21.6 Å². The van der Waals surface area contributed by atoms with Crippen LogP contribution in [0.25, 0.3) is 0 Å². The van der Waals surface area contributed by atoms with Crippen LogP contribution in [0.2, 0.25) is 0 Å². The molecule has 1 aromatic heterocycles. The fourth-order valence-corrected chi connectivity index (χ4v) is 1.87. The van der Waals surface area contributed by atoms with E-state index >= 15 is 0 Å². The Morgan fingerprint density at radius 2 is 2.40 bits per heavy atom. The van der Waals surface area contributed by atoms with Crippen LogP contribution in [0.1, 0.15) is 19.2 Å². The van der Waals surface area contributed by atoms with E-state index in [4.69, 9.17) is 10.5 Å². The highest BCUT2D eigenvalue weighted by atomic mass is 32.1. The van der Waals surface area contributed by atoms with Crippen molar-refractivity contribution < 1.29 is 4.74 Å². The molecule has 3 N–H and O–H groups in total. The molecule has 1 heterocycles. The molecule has 6 heteroatoms. The summed E-state index contributed by atoms with van der Waals surface area (Å²) in [4.78, 5) is 4.36. The number of aryl methyl sites for hydroxylation is 1. The number of nitrogens with two attached hydrogens (primary N) is 1. The first kappa shape index (κ1) is 12.4. The summed E-state index contributed by atoms with van der Waals surface area (Å²) < 4.78 is 9.28. The van der Waals surface area contributed by atoms with Crippen molar-refractivity contribution in [2.75, 3.05) is 25.6 Å². The molecule has 15 heavy (non-hydrogen) atoms. The van der Waals surface area contributed by atoms with Crippen LogP contribution in [0.15, 0.2) is 0 Å². The van der Waals surface area contributed by atoms with E-state index in [9.17, 15) is 0 Å². The van der Waals surface area contributed by atoms with Gasteiger partial charge in [0, 0.05) is 31.6 Å². The van der Waals surface area contributed by atoms with E-state index in [-0.39, 0.29) is 6.04 Å². The third kappa shape index (κ3) is 4.11. The second-order valence-corrected chi connectivity index (χ2v) is 4.05. The molecule has 0 amide bonds. The SMILES string of the molecule is CCCc1nsc(NC(CN)COC)n1. The number of aromatic nitrogens is 2. The first-order valence-electron chi connectivity index (χ1n) is 5.08. The molecule has 5 nitrogen and oxygen atoms in total. The first-order valence-corrected chi connectivity index (χ1v) is 5.85. The van der Waals surface area contributed by atoms with Gasteiger partial charge in [-0.25, -0.2) is 4.98 Å². The fraction of sp³-hybridized carbons (Fsp3) is 0.778. The van der Waals surface area contributed by atoms with Gasteiger partial charge >= 0.3 is 0 Å². The predicted octanol–water partition coefficient (Wildman–Crippen LogP) is 0.876. The summed E-state index contributed by atoms with van der Waals surface area (Å²) in [6, 6.07) is 0.109. The lowest BCUT2D eigenvalue weighted by molar-refractivity contribution is 0.187. The summed E-state index contributed by atoms with van der Waals surface area (Å²) in [5.41, 5.74) is 5.59. The third-order valence-corrected chi connectivity index (χ3v) is 2.61. The number of rotatable bonds is 7. The van der Waals surface area contributed by atoms with Crippen molar-refractivity contribution in [1.82, 2.24) is 9.36 Å². The van der Waals surface area contributed by atoms with Gasteiger partial charge in [0.05, 0.1) is 12.6 Å². The Morgan fingerprint density at radius 1 is 1.60 bits per heavy atom. The topological polar surface area (TPSA) is 73.1 Å². The van der Waals surface area contributed by atoms with Gasteiger partial charge in [-0.15, -0.1) is 0 Å². The molecule has 0 radical (unpaired) electrons. The van der Waals surface area contributed by atoms with Crippen molar-refractivity contribution in [2.45, 2.75) is 25.8 Å². The molecule has 1 unspecified atom stereocenters. The summed E-state index contributed by atoms with van der Waals surface area (Å²) in [6.07, 6.45) is 1.99. The molecule has 0 saturated carbocycles. The smallest absolute Gasteiger partial charge is 0.202 e. The molecule has 0 spiro atoms. The zero-order chi connectivity index (χ0) is 11.1. The van der Waals surface area contributed by atoms with Gasteiger partial charge in [-0.1, -0.05) is 6.92 Å². The zero-order valence-electron chi connectivity index (χ0n) is 9.19. The van der Waals surface area contributed by atoms with Crippen LogP contribution >= 0.6 is 11.5 Å². The predicted molar refractivity (Wildman–Crippen MR) is 62.2 cm³/mol. The first-order chi connectivity index (χ1) is 7.30. The van der Waals surface area contributed by atoms with Gasteiger partial charge < -0.3 is 15.8 Å². The highest BCUT2D eigenvalue weighted by Gasteiger charge is 2.09. The molecule has 0 aromatic carbocycles. The molecule has 1 aromatic rings. The van der Waals surface area contributed by atoms with Crippen molar-refractivity contribution in [3.63, 3.8) is 0 Å². The summed E-state index contributed by atoms with van der Waals surface area (Å²) in [5.74, 6) is 0.901. The minimum Gasteiger partial charge on any atom is -0.383 e. The maximum Gasteiger partial charge on any atom is 0.202 e. The summed E-state index contributed by atoms with van der Waals surface area (Å²) >= 11 is 1.38. The van der Waals surface area contributed by atoms with Crippen molar-refractivity contribution in [1.29, 1.82) is 0 Å². The molecule has 86 valence electrons. The Bertz CT molecular complexity index is 279. The second kappa shape index (κ2) is 6.71.